The van der Waals surface area contributed by atoms with Gasteiger partial charge in [0.1, 0.15) is 29.8 Å². The summed E-state index contributed by atoms with van der Waals surface area (Å²) in [7, 11) is 1.22. The Morgan fingerprint density at radius 2 is 1.46 bits per heavy atom. The number of hydrogen-bond acceptors (Lipinski definition) is 10. The highest BCUT2D eigenvalue weighted by Crippen LogP contribution is 2.17. The normalized spacial score (nSPS) is 14.0. The Morgan fingerprint density at radius 1 is 0.875 bits per heavy atom. The highest BCUT2D eigenvalue weighted by Gasteiger charge is 2.38. The van der Waals surface area contributed by atoms with Gasteiger partial charge in [0.05, 0.1) is 19.0 Å². The van der Waals surface area contributed by atoms with Crippen molar-refractivity contribution in [2.24, 2.45) is 5.92 Å². The van der Waals surface area contributed by atoms with Crippen LogP contribution in [0.15, 0.2) is 0 Å². The number of carboxylic acid groups (broad SMARTS) is 1. The summed E-state index contributed by atoms with van der Waals surface area (Å²) in [6.45, 7) is 17.1. The van der Waals surface area contributed by atoms with Crippen LogP contribution in [-0.2, 0) is 33.4 Å². The van der Waals surface area contributed by atoms with E-state index in [1.807, 2.05) is 0 Å². The lowest BCUT2D eigenvalue weighted by molar-refractivity contribution is -0.154. The van der Waals surface area contributed by atoms with Gasteiger partial charge >= 0.3 is 18.2 Å². The van der Waals surface area contributed by atoms with Gasteiger partial charge in [0.15, 0.2) is 0 Å². The number of aliphatic carboxylic acids is 1. The van der Waals surface area contributed by atoms with Crippen LogP contribution in [0.2, 0.25) is 25.7 Å². The Bertz CT molecular complexity index is 1140. The number of alkyl carbamates (subject to hydrolysis) is 2. The highest BCUT2D eigenvalue weighted by molar-refractivity contribution is 7.99. The number of amides is 6. The number of carbonyl (C=O) groups excluding carboxylic acids is 6. The maximum absolute atomic E-state index is 13.6. The molecule has 4 atom stereocenters. The van der Waals surface area contributed by atoms with Gasteiger partial charge in [-0.25, -0.2) is 14.4 Å². The van der Waals surface area contributed by atoms with Crippen LogP contribution in [-0.4, -0.2) is 133 Å². The van der Waals surface area contributed by atoms with E-state index < -0.39 is 79.6 Å². The third-order valence-corrected chi connectivity index (χ3v) is 9.32. The quantitative estimate of drug-likeness (QED) is 0.0781. The van der Waals surface area contributed by atoms with Gasteiger partial charge in [0.2, 0.25) is 23.6 Å². The number of rotatable bonds is 18. The van der Waals surface area contributed by atoms with Crippen molar-refractivity contribution in [3.8, 4) is 0 Å². The van der Waals surface area contributed by atoms with Crippen LogP contribution in [0, 0.1) is 5.92 Å². The molecule has 276 valence electrons. The molecule has 0 spiro atoms. The van der Waals surface area contributed by atoms with E-state index >= 15 is 0 Å². The third-order valence-electron chi connectivity index (χ3n) is 6.72. The number of thioether (sulfide) groups is 1. The zero-order chi connectivity index (χ0) is 37.6. The zero-order valence-electron chi connectivity index (χ0n) is 30.3. The minimum atomic E-state index is -1.47. The van der Waals surface area contributed by atoms with Crippen molar-refractivity contribution >= 4 is 61.6 Å². The van der Waals surface area contributed by atoms with Crippen molar-refractivity contribution in [3.05, 3.63) is 0 Å². The molecule has 0 saturated heterocycles. The predicted molar refractivity (Wildman–Crippen MR) is 185 cm³/mol. The molecule has 0 aliphatic heterocycles. The van der Waals surface area contributed by atoms with Gasteiger partial charge in [-0.3, -0.25) is 19.2 Å². The largest absolute Gasteiger partial charge is 0.480 e. The molecule has 0 aliphatic carbocycles. The third kappa shape index (κ3) is 17.6. The smallest absolute Gasteiger partial charge is 0.408 e. The van der Waals surface area contributed by atoms with E-state index in [2.05, 4.69) is 40.9 Å². The summed E-state index contributed by atoms with van der Waals surface area (Å²) in [4.78, 5) is 90.8. The maximum Gasteiger partial charge on any atom is 0.408 e. The Morgan fingerprint density at radius 3 is 1.94 bits per heavy atom. The van der Waals surface area contributed by atoms with Crippen molar-refractivity contribution in [1.82, 2.24) is 31.1 Å². The Kier molecular flexibility index (Phi) is 18.6. The first kappa shape index (κ1) is 44.5. The fraction of sp³-hybridized carbons (Fsp3) is 0.767. The monoisotopic (exact) mass is 720 g/mol. The molecule has 0 unspecified atom stereocenters. The van der Waals surface area contributed by atoms with Gasteiger partial charge in [-0.05, 0) is 39.7 Å². The van der Waals surface area contributed by atoms with Crippen LogP contribution in [0.25, 0.3) is 0 Å². The molecule has 0 aromatic rings. The molecule has 0 saturated carbocycles. The fourth-order valence-corrected chi connectivity index (χ4v) is 5.85. The Labute approximate surface area is 289 Å². The Hall–Kier alpha value is -3.54. The van der Waals surface area contributed by atoms with E-state index in [4.69, 9.17) is 9.47 Å². The van der Waals surface area contributed by atoms with Crippen LogP contribution in [0.5, 0.6) is 0 Å². The van der Waals surface area contributed by atoms with Crippen LogP contribution in [0.1, 0.15) is 48.5 Å². The minimum Gasteiger partial charge on any atom is -0.480 e. The lowest BCUT2D eigenvalue weighted by Crippen LogP contribution is -2.60. The molecule has 0 aromatic heterocycles. The van der Waals surface area contributed by atoms with E-state index in [9.17, 15) is 38.7 Å². The number of nitrogens with zero attached hydrogens (tertiary/aromatic N) is 2. The SMILES string of the molecule is CC(=O)NCSC[C@@H](C(=O)N(C)[C@H](C(=O)O)C(C)C)N(C)C(=O)[C@H](C)NC(=O)[C@@H](CNC(=O)OCC[Si](C)(C)C)NC(=O)OC(C)(C)C. The van der Waals surface area contributed by atoms with Crippen LogP contribution < -0.4 is 21.3 Å². The van der Waals surface area contributed by atoms with E-state index in [1.54, 1.807) is 34.6 Å². The number of hydrogen-bond donors (Lipinski definition) is 5. The van der Waals surface area contributed by atoms with Gasteiger partial charge < -0.3 is 45.6 Å². The van der Waals surface area contributed by atoms with E-state index in [0.717, 1.165) is 27.6 Å². The average molecular weight is 721 g/mol. The van der Waals surface area contributed by atoms with Crippen molar-refractivity contribution in [2.45, 2.75) is 104 Å². The molecule has 48 heavy (non-hydrogen) atoms. The van der Waals surface area contributed by atoms with E-state index in [0.29, 0.717) is 0 Å². The molecule has 0 aromatic carbocycles. The first-order chi connectivity index (χ1) is 21.9. The second kappa shape index (κ2) is 20.1. The zero-order valence-corrected chi connectivity index (χ0v) is 32.2. The van der Waals surface area contributed by atoms with Gasteiger partial charge in [0, 0.05) is 34.8 Å². The Balaban J connectivity index is 5.95. The summed E-state index contributed by atoms with van der Waals surface area (Å²) >= 11 is 1.15. The van der Waals surface area contributed by atoms with E-state index in [-0.39, 0.29) is 30.7 Å². The lowest BCUT2D eigenvalue weighted by Gasteiger charge is -2.35. The maximum atomic E-state index is 13.6. The topological polar surface area (TPSA) is 213 Å². The molecule has 0 radical (unpaired) electrons. The van der Waals surface area contributed by atoms with Crippen molar-refractivity contribution < 1.29 is 48.1 Å². The molecule has 0 aliphatic rings. The molecule has 16 nitrogen and oxygen atoms in total. The molecule has 18 heteroatoms. The van der Waals surface area contributed by atoms with Crippen LogP contribution >= 0.6 is 11.8 Å². The number of carboxylic acids is 1. The molecular formula is C30H56N6O10SSi. The predicted octanol–water partition coefficient (Wildman–Crippen LogP) is 1.67. The summed E-state index contributed by atoms with van der Waals surface area (Å²) in [5.74, 6) is -3.98. The molecule has 6 amide bonds. The average Bonchev–Trinajstić information content (AvgIpc) is 2.91. The summed E-state index contributed by atoms with van der Waals surface area (Å²) < 4.78 is 10.5. The highest BCUT2D eigenvalue weighted by atomic mass is 32.2. The van der Waals surface area contributed by atoms with Gasteiger partial charge in [0.25, 0.3) is 0 Å². The standard InChI is InChI=1S/C30H56N6O10SSi/c1-18(2)23(27(41)42)36(9)26(40)22(16-47-17-32-20(4)37)35(8)25(39)19(3)33-24(38)21(34-29(44)46-30(5,6)7)15-31-28(43)45-13-14-48(10,11)12/h18-19,21-23H,13-17H2,1-12H3,(H,31,43)(H,32,37)(H,33,38)(H,34,44)(H,41,42)/t19-,21+,22-,23-/m0/s1. The fourth-order valence-electron chi connectivity index (χ4n) is 4.12. The number of likely N-dealkylation sites (N-methyl/N-ethyl adjacent to an activating group) is 2. The van der Waals surface area contributed by atoms with Gasteiger partial charge in [-0.1, -0.05) is 33.5 Å². The first-order valence-electron chi connectivity index (χ1n) is 15.7. The van der Waals surface area contributed by atoms with Crippen molar-refractivity contribution in [1.29, 1.82) is 0 Å². The number of carbonyl (C=O) groups is 7. The molecular weight excluding hydrogens is 665 g/mol. The molecule has 0 heterocycles. The molecule has 0 rings (SSSR count). The number of ether oxygens (including phenoxy) is 2. The van der Waals surface area contributed by atoms with Gasteiger partial charge in [-0.2, -0.15) is 0 Å². The molecule has 0 fully saturated rings. The van der Waals surface area contributed by atoms with Crippen LogP contribution in [0.3, 0.4) is 0 Å². The second-order valence-corrected chi connectivity index (χ2v) is 20.6. The minimum absolute atomic E-state index is 0.00333. The summed E-state index contributed by atoms with van der Waals surface area (Å²) in [5.41, 5.74) is -0.887. The van der Waals surface area contributed by atoms with Crippen molar-refractivity contribution in [2.75, 3.05) is 38.9 Å². The lowest BCUT2D eigenvalue weighted by atomic mass is 10.0. The molecule has 0 bridgehead atoms. The molecule has 5 N–H and O–H groups in total. The first-order valence-corrected chi connectivity index (χ1v) is 20.5. The van der Waals surface area contributed by atoms with Gasteiger partial charge in [-0.15, -0.1) is 11.8 Å². The number of nitrogens with one attached hydrogen (secondary N) is 4. The summed E-state index contributed by atoms with van der Waals surface area (Å²) in [6.07, 6.45) is -1.72. The summed E-state index contributed by atoms with van der Waals surface area (Å²) in [6, 6.07) is -4.20. The van der Waals surface area contributed by atoms with Crippen LogP contribution in [0.4, 0.5) is 9.59 Å². The second-order valence-electron chi connectivity index (χ2n) is 13.9. The van der Waals surface area contributed by atoms with Crippen molar-refractivity contribution in [3.63, 3.8) is 0 Å². The summed E-state index contributed by atoms with van der Waals surface area (Å²) in [5, 5.41) is 19.7. The van der Waals surface area contributed by atoms with E-state index in [1.165, 1.54) is 27.9 Å².